The lowest BCUT2D eigenvalue weighted by molar-refractivity contribution is 0.177. The fourth-order valence-electron chi connectivity index (χ4n) is 2.19. The number of imidazole rings is 1. The van der Waals surface area contributed by atoms with Gasteiger partial charge in [0, 0.05) is 20.5 Å². The van der Waals surface area contributed by atoms with E-state index in [0.29, 0.717) is 17.0 Å². The summed E-state index contributed by atoms with van der Waals surface area (Å²) in [6.45, 7) is 0. The molecule has 0 radical (unpaired) electrons. The highest BCUT2D eigenvalue weighted by molar-refractivity contribution is 5.80. The summed E-state index contributed by atoms with van der Waals surface area (Å²) in [5.74, 6) is -0.182. The maximum Gasteiger partial charge on any atom is 0.207 e. The number of aromatic nitrogens is 4. The maximum atomic E-state index is 13.4. The SMILES string of the molecule is CN(C)N=Nc1ncnc2c1ncn2[C@@H]1C=C(F)[C@@H](O)C1. The molecule has 2 heterocycles. The van der Waals surface area contributed by atoms with Crippen LogP contribution >= 0.6 is 0 Å². The van der Waals surface area contributed by atoms with Crippen molar-refractivity contribution in [1.82, 2.24) is 24.5 Å². The molecule has 0 spiro atoms. The molecule has 1 aliphatic rings. The average Bonchev–Trinajstić information content (AvgIpc) is 3.01. The standard InChI is InChI=1S/C12H14FN7O/c1-19(2)18-17-11-10-12(15-5-14-11)20(6-16-10)7-3-8(13)9(21)4-7/h3,5-7,9,21H,4H2,1-2H3/t7-,9+/m1/s1. The Hall–Kier alpha value is -2.42. The Morgan fingerprint density at radius 2 is 2.19 bits per heavy atom. The lowest BCUT2D eigenvalue weighted by Gasteiger charge is -2.10. The summed E-state index contributed by atoms with van der Waals surface area (Å²) in [5.41, 5.74) is 1.01. The molecule has 0 amide bonds. The van der Waals surface area contributed by atoms with Gasteiger partial charge in [0.2, 0.25) is 5.82 Å². The van der Waals surface area contributed by atoms with Crippen molar-refractivity contribution >= 4 is 17.0 Å². The third-order valence-corrected chi connectivity index (χ3v) is 3.15. The summed E-state index contributed by atoms with van der Waals surface area (Å²) >= 11 is 0. The Morgan fingerprint density at radius 3 is 2.86 bits per heavy atom. The quantitative estimate of drug-likeness (QED) is 0.684. The zero-order valence-corrected chi connectivity index (χ0v) is 11.5. The second kappa shape index (κ2) is 5.17. The van der Waals surface area contributed by atoms with E-state index in [2.05, 4.69) is 25.3 Å². The van der Waals surface area contributed by atoms with Crippen LogP contribution in [-0.4, -0.2) is 49.8 Å². The molecular weight excluding hydrogens is 277 g/mol. The Labute approximate surface area is 119 Å². The van der Waals surface area contributed by atoms with Crippen LogP contribution in [0.25, 0.3) is 11.2 Å². The molecule has 2 aromatic rings. The highest BCUT2D eigenvalue weighted by Crippen LogP contribution is 2.32. The van der Waals surface area contributed by atoms with Crippen LogP contribution in [0, 0.1) is 0 Å². The van der Waals surface area contributed by atoms with Crippen LogP contribution in [0.15, 0.2) is 34.9 Å². The fraction of sp³-hybridized carbons (Fsp3) is 0.417. The minimum atomic E-state index is -1.07. The molecule has 0 fully saturated rings. The predicted octanol–water partition coefficient (Wildman–Crippen LogP) is 1.55. The van der Waals surface area contributed by atoms with Crippen molar-refractivity contribution in [3.63, 3.8) is 0 Å². The van der Waals surface area contributed by atoms with Gasteiger partial charge in [0.25, 0.3) is 0 Å². The van der Waals surface area contributed by atoms with Gasteiger partial charge in [-0.25, -0.2) is 19.3 Å². The molecule has 110 valence electrons. The molecule has 2 atom stereocenters. The Morgan fingerprint density at radius 1 is 1.38 bits per heavy atom. The summed E-state index contributed by atoms with van der Waals surface area (Å²) in [7, 11) is 3.49. The zero-order valence-electron chi connectivity index (χ0n) is 11.5. The molecular formula is C12H14FN7O. The minimum Gasteiger partial charge on any atom is -0.386 e. The number of allylic oxidation sites excluding steroid dienone is 1. The van der Waals surface area contributed by atoms with Gasteiger partial charge in [-0.3, -0.25) is 5.01 Å². The van der Waals surface area contributed by atoms with E-state index < -0.39 is 11.9 Å². The first-order chi connectivity index (χ1) is 10.1. The van der Waals surface area contributed by atoms with Gasteiger partial charge in [0.1, 0.15) is 18.3 Å². The second-order valence-electron chi connectivity index (χ2n) is 4.93. The van der Waals surface area contributed by atoms with Gasteiger partial charge in [0.05, 0.1) is 12.4 Å². The summed E-state index contributed by atoms with van der Waals surface area (Å²) in [4.78, 5) is 12.4. The molecule has 0 saturated carbocycles. The molecule has 0 aromatic carbocycles. The van der Waals surface area contributed by atoms with Crippen molar-refractivity contribution in [3.05, 3.63) is 24.6 Å². The normalized spacial score (nSPS) is 22.2. The molecule has 21 heavy (non-hydrogen) atoms. The Bertz CT molecular complexity index is 723. The van der Waals surface area contributed by atoms with E-state index in [1.807, 2.05) is 0 Å². The van der Waals surface area contributed by atoms with Crippen LogP contribution in [-0.2, 0) is 0 Å². The summed E-state index contributed by atoms with van der Waals surface area (Å²) in [6, 6.07) is -0.321. The van der Waals surface area contributed by atoms with E-state index in [4.69, 9.17) is 0 Å². The monoisotopic (exact) mass is 291 g/mol. The molecule has 8 nitrogen and oxygen atoms in total. The number of hydrogen-bond donors (Lipinski definition) is 1. The van der Waals surface area contributed by atoms with Gasteiger partial charge >= 0.3 is 0 Å². The second-order valence-corrected chi connectivity index (χ2v) is 4.93. The third-order valence-electron chi connectivity index (χ3n) is 3.15. The van der Waals surface area contributed by atoms with Crippen LogP contribution in [0.3, 0.4) is 0 Å². The summed E-state index contributed by atoms with van der Waals surface area (Å²) in [6.07, 6.45) is 3.46. The number of hydrogen-bond acceptors (Lipinski definition) is 6. The van der Waals surface area contributed by atoms with Crippen LogP contribution in [0.2, 0.25) is 0 Å². The van der Waals surface area contributed by atoms with E-state index in [0.717, 1.165) is 0 Å². The van der Waals surface area contributed by atoms with E-state index in [1.54, 1.807) is 25.0 Å². The number of nitrogens with zero attached hydrogens (tertiary/aromatic N) is 7. The van der Waals surface area contributed by atoms with Gasteiger partial charge in [0.15, 0.2) is 11.2 Å². The number of halogens is 1. The minimum absolute atomic E-state index is 0.260. The first kappa shape index (κ1) is 13.6. The van der Waals surface area contributed by atoms with Crippen LogP contribution < -0.4 is 0 Å². The van der Waals surface area contributed by atoms with Crippen molar-refractivity contribution in [2.75, 3.05) is 14.1 Å². The molecule has 9 heteroatoms. The van der Waals surface area contributed by atoms with Crippen molar-refractivity contribution < 1.29 is 9.50 Å². The van der Waals surface area contributed by atoms with Crippen LogP contribution in [0.5, 0.6) is 0 Å². The third kappa shape index (κ3) is 2.47. The fourth-order valence-corrected chi connectivity index (χ4v) is 2.19. The van der Waals surface area contributed by atoms with Gasteiger partial charge < -0.3 is 9.67 Å². The van der Waals surface area contributed by atoms with Gasteiger partial charge in [-0.15, -0.1) is 5.11 Å². The maximum absolute atomic E-state index is 13.4. The van der Waals surface area contributed by atoms with Crippen molar-refractivity contribution in [3.8, 4) is 0 Å². The number of fused-ring (bicyclic) bond motifs is 1. The summed E-state index contributed by atoms with van der Waals surface area (Å²) in [5, 5.41) is 18.9. The van der Waals surface area contributed by atoms with Gasteiger partial charge in [-0.2, -0.15) is 0 Å². The van der Waals surface area contributed by atoms with E-state index >= 15 is 0 Å². The van der Waals surface area contributed by atoms with E-state index in [1.165, 1.54) is 17.4 Å². The Balaban J connectivity index is 2.02. The van der Waals surface area contributed by atoms with E-state index in [9.17, 15) is 9.50 Å². The first-order valence-electron chi connectivity index (χ1n) is 6.38. The molecule has 0 aliphatic heterocycles. The van der Waals surface area contributed by atoms with Gasteiger partial charge in [-0.1, -0.05) is 5.22 Å². The molecule has 0 saturated heterocycles. The highest BCUT2D eigenvalue weighted by atomic mass is 19.1. The molecule has 1 aliphatic carbocycles. The van der Waals surface area contributed by atoms with E-state index in [-0.39, 0.29) is 12.5 Å². The molecule has 1 N–H and O–H groups in total. The van der Waals surface area contributed by atoms with Gasteiger partial charge in [-0.05, 0) is 6.08 Å². The number of aliphatic hydroxyl groups is 1. The lowest BCUT2D eigenvalue weighted by atomic mass is 10.2. The average molecular weight is 291 g/mol. The highest BCUT2D eigenvalue weighted by Gasteiger charge is 2.27. The number of aliphatic hydroxyl groups excluding tert-OH is 1. The van der Waals surface area contributed by atoms with Crippen molar-refractivity contribution in [2.45, 2.75) is 18.6 Å². The molecule has 0 unspecified atom stereocenters. The largest absolute Gasteiger partial charge is 0.386 e. The predicted molar refractivity (Wildman–Crippen MR) is 72.4 cm³/mol. The van der Waals surface area contributed by atoms with Crippen molar-refractivity contribution in [1.29, 1.82) is 0 Å². The van der Waals surface area contributed by atoms with Crippen molar-refractivity contribution in [2.24, 2.45) is 10.3 Å². The zero-order chi connectivity index (χ0) is 15.0. The van der Waals surface area contributed by atoms with Crippen LogP contribution in [0.1, 0.15) is 12.5 Å². The first-order valence-corrected chi connectivity index (χ1v) is 6.38. The summed E-state index contributed by atoms with van der Waals surface area (Å²) < 4.78 is 15.0. The molecule has 3 rings (SSSR count). The Kier molecular flexibility index (Phi) is 3.34. The molecule has 0 bridgehead atoms. The molecule has 2 aromatic heterocycles. The topological polar surface area (TPSA) is 91.8 Å². The lowest BCUT2D eigenvalue weighted by Crippen LogP contribution is -2.08. The smallest absolute Gasteiger partial charge is 0.207 e. The van der Waals surface area contributed by atoms with Crippen LogP contribution in [0.4, 0.5) is 10.2 Å². The number of rotatable bonds is 3.